The summed E-state index contributed by atoms with van der Waals surface area (Å²) in [4.78, 5) is 20.2. The molecule has 0 spiro atoms. The molecule has 1 fully saturated rings. The van der Waals surface area contributed by atoms with Crippen molar-refractivity contribution in [3.8, 4) is 0 Å². The Balaban J connectivity index is 1.21. The number of nitrogens with one attached hydrogen (secondary N) is 1. The fourth-order valence-electron chi connectivity index (χ4n) is 4.35. The molecule has 1 amide bonds. The average molecular weight is 508 g/mol. The number of hydrogen-bond donors (Lipinski definition) is 2. The van der Waals surface area contributed by atoms with Crippen LogP contribution in [0.1, 0.15) is 28.8 Å². The van der Waals surface area contributed by atoms with Gasteiger partial charge in [0.15, 0.2) is 0 Å². The van der Waals surface area contributed by atoms with Crippen LogP contribution in [-0.2, 0) is 5.60 Å². The lowest BCUT2D eigenvalue weighted by Crippen LogP contribution is -2.45. The zero-order valence-corrected chi connectivity index (χ0v) is 20.3. The maximum atomic E-state index is 13.9. The zero-order valence-electron chi connectivity index (χ0n) is 18.7. The molecule has 178 valence electrons. The Morgan fingerprint density at radius 3 is 2.51 bits per heavy atom. The number of piperidine rings is 1. The van der Waals surface area contributed by atoms with Crippen LogP contribution < -0.4 is 4.72 Å². The molecule has 1 aliphatic heterocycles. The molecule has 35 heavy (non-hydrogen) atoms. The lowest BCUT2D eigenvalue weighted by Gasteiger charge is -2.39. The molecule has 0 aliphatic carbocycles. The van der Waals surface area contributed by atoms with Crippen LogP contribution >= 0.6 is 23.5 Å². The Morgan fingerprint density at radius 1 is 1.03 bits per heavy atom. The molecule has 0 radical (unpaired) electrons. The van der Waals surface area contributed by atoms with E-state index in [-0.39, 0.29) is 23.8 Å². The van der Waals surface area contributed by atoms with E-state index in [4.69, 9.17) is 11.6 Å². The molecule has 0 atom stereocenters. The summed E-state index contributed by atoms with van der Waals surface area (Å²) < 4.78 is 17.2. The van der Waals surface area contributed by atoms with Crippen LogP contribution in [0.15, 0.2) is 83.9 Å². The Morgan fingerprint density at radius 2 is 1.74 bits per heavy atom. The van der Waals surface area contributed by atoms with Gasteiger partial charge in [0.2, 0.25) is 0 Å². The van der Waals surface area contributed by atoms with E-state index < -0.39 is 11.4 Å². The lowest BCUT2D eigenvalue weighted by atomic mass is 9.84. The number of aliphatic hydroxyl groups is 1. The van der Waals surface area contributed by atoms with Crippen molar-refractivity contribution in [2.24, 2.45) is 0 Å². The number of halogens is 2. The Hall–Kier alpha value is -3.13. The van der Waals surface area contributed by atoms with Crippen LogP contribution in [0.4, 0.5) is 10.1 Å². The van der Waals surface area contributed by atoms with Gasteiger partial charge in [0.05, 0.1) is 21.0 Å². The number of hydrogen-bond acceptors (Lipinski definition) is 5. The Bertz CT molecular complexity index is 1370. The number of benzene rings is 3. The van der Waals surface area contributed by atoms with E-state index in [9.17, 15) is 14.3 Å². The summed E-state index contributed by atoms with van der Waals surface area (Å²) in [7, 11) is 0. The van der Waals surface area contributed by atoms with Crippen molar-refractivity contribution in [2.45, 2.75) is 23.3 Å². The molecule has 2 N–H and O–H groups in total. The smallest absolute Gasteiger partial charge is 0.253 e. The Kier molecular flexibility index (Phi) is 6.65. The monoisotopic (exact) mass is 507 g/mol. The highest BCUT2D eigenvalue weighted by molar-refractivity contribution is 8.00. The molecule has 4 aromatic rings. The van der Waals surface area contributed by atoms with Gasteiger partial charge in [0, 0.05) is 41.5 Å². The highest BCUT2D eigenvalue weighted by atomic mass is 35.5. The number of fused-ring (bicyclic) bond motifs is 1. The van der Waals surface area contributed by atoms with Crippen molar-refractivity contribution in [1.82, 2.24) is 9.88 Å². The fourth-order valence-corrected chi connectivity index (χ4v) is 5.43. The first kappa shape index (κ1) is 23.6. The number of rotatable bonds is 5. The number of likely N-dealkylation sites (tertiary alicyclic amines) is 1. The third-order valence-corrected chi connectivity index (χ3v) is 7.61. The topological polar surface area (TPSA) is 65.5 Å². The van der Waals surface area contributed by atoms with Crippen molar-refractivity contribution in [1.29, 1.82) is 0 Å². The van der Waals surface area contributed by atoms with E-state index >= 15 is 0 Å². The van der Waals surface area contributed by atoms with Gasteiger partial charge in [-0.3, -0.25) is 9.78 Å². The molecule has 3 aromatic carbocycles. The van der Waals surface area contributed by atoms with Gasteiger partial charge in [-0.1, -0.05) is 41.9 Å². The summed E-state index contributed by atoms with van der Waals surface area (Å²) >= 11 is 7.56. The van der Waals surface area contributed by atoms with Crippen molar-refractivity contribution < 1.29 is 14.3 Å². The van der Waals surface area contributed by atoms with Gasteiger partial charge in [-0.15, -0.1) is 0 Å². The van der Waals surface area contributed by atoms with Crippen LogP contribution in [0, 0.1) is 5.82 Å². The number of aromatic nitrogens is 1. The van der Waals surface area contributed by atoms with Crippen LogP contribution in [0.2, 0.25) is 5.02 Å². The second-order valence-corrected chi connectivity index (χ2v) is 9.76. The summed E-state index contributed by atoms with van der Waals surface area (Å²) in [6.07, 6.45) is 2.36. The molecule has 5 nitrogen and oxygen atoms in total. The number of nitrogens with zero attached hydrogens (tertiary/aromatic N) is 2. The standard InChI is InChI=1S/C27H23ClFN3O2S/c28-24-21(6-2-7-22(24)29)27(34)13-16-32(17-14-27)26(33)19-9-11-20(12-10-19)31-35-23-8-1-4-18-5-3-15-30-25(18)23/h1-12,15,31,34H,13-14,16-17H2. The van der Waals surface area contributed by atoms with E-state index in [1.807, 2.05) is 42.5 Å². The first-order valence-corrected chi connectivity index (χ1v) is 12.5. The molecule has 5 rings (SSSR count). The predicted molar refractivity (Wildman–Crippen MR) is 138 cm³/mol. The van der Waals surface area contributed by atoms with Gasteiger partial charge in [0.1, 0.15) is 5.82 Å². The van der Waals surface area contributed by atoms with Gasteiger partial charge in [-0.25, -0.2) is 4.39 Å². The quantitative estimate of drug-likeness (QED) is 0.312. The Labute approximate surface area is 212 Å². The van der Waals surface area contributed by atoms with Crippen LogP contribution in [0.25, 0.3) is 10.9 Å². The molecule has 1 aliphatic rings. The SMILES string of the molecule is O=C(c1ccc(NSc2cccc3cccnc23)cc1)N1CCC(O)(c2cccc(F)c2Cl)CC1. The largest absolute Gasteiger partial charge is 0.385 e. The van der Waals surface area contributed by atoms with Crippen LogP contribution in [0.3, 0.4) is 0 Å². The van der Waals surface area contributed by atoms with Crippen molar-refractivity contribution in [3.63, 3.8) is 0 Å². The predicted octanol–water partition coefficient (Wildman–Crippen LogP) is 6.27. The molecule has 1 aromatic heterocycles. The lowest BCUT2D eigenvalue weighted by molar-refractivity contribution is -0.0212. The number of carbonyl (C=O) groups excluding carboxylic acids is 1. The highest BCUT2D eigenvalue weighted by Crippen LogP contribution is 2.38. The van der Waals surface area contributed by atoms with Gasteiger partial charge in [0.25, 0.3) is 5.91 Å². The summed E-state index contributed by atoms with van der Waals surface area (Å²) in [5.74, 6) is -0.658. The van der Waals surface area contributed by atoms with Crippen molar-refractivity contribution >= 4 is 46.0 Å². The molecule has 0 saturated carbocycles. The second kappa shape index (κ2) is 9.85. The third-order valence-electron chi connectivity index (χ3n) is 6.34. The summed E-state index contributed by atoms with van der Waals surface area (Å²) in [5.41, 5.74) is 1.50. The number of amides is 1. The summed E-state index contributed by atoms with van der Waals surface area (Å²) in [6, 6.07) is 21.7. The molecule has 2 heterocycles. The van der Waals surface area contributed by atoms with Crippen LogP contribution in [0.5, 0.6) is 0 Å². The maximum Gasteiger partial charge on any atom is 0.253 e. The maximum absolute atomic E-state index is 13.9. The minimum Gasteiger partial charge on any atom is -0.385 e. The second-order valence-electron chi connectivity index (χ2n) is 8.54. The third kappa shape index (κ3) is 4.85. The molecule has 8 heteroatoms. The minimum atomic E-state index is -1.25. The van der Waals surface area contributed by atoms with Gasteiger partial charge in [-0.05, 0) is 67.3 Å². The van der Waals surface area contributed by atoms with Gasteiger partial charge >= 0.3 is 0 Å². The van der Waals surface area contributed by atoms with Crippen molar-refractivity contribution in [3.05, 3.63) is 101 Å². The summed E-state index contributed by atoms with van der Waals surface area (Å²) in [5, 5.41) is 12.1. The normalized spacial score (nSPS) is 15.2. The average Bonchev–Trinajstić information content (AvgIpc) is 2.89. The van der Waals surface area contributed by atoms with Gasteiger partial charge < -0.3 is 14.7 Å². The number of anilines is 1. The molecule has 1 saturated heterocycles. The van der Waals surface area contributed by atoms with E-state index in [1.165, 1.54) is 24.1 Å². The summed E-state index contributed by atoms with van der Waals surface area (Å²) in [6.45, 7) is 0.707. The number of para-hydroxylation sites is 1. The van der Waals surface area contributed by atoms with E-state index in [1.54, 1.807) is 29.3 Å². The van der Waals surface area contributed by atoms with Gasteiger partial charge in [-0.2, -0.15) is 0 Å². The zero-order chi connectivity index (χ0) is 24.4. The molecular weight excluding hydrogens is 485 g/mol. The molecule has 0 unspecified atom stereocenters. The van der Waals surface area contributed by atoms with E-state index in [0.29, 0.717) is 24.2 Å². The van der Waals surface area contributed by atoms with E-state index in [2.05, 4.69) is 9.71 Å². The van der Waals surface area contributed by atoms with Crippen LogP contribution in [-0.4, -0.2) is 34.0 Å². The fraction of sp³-hybridized carbons (Fsp3) is 0.185. The highest BCUT2D eigenvalue weighted by Gasteiger charge is 2.37. The molecule has 0 bridgehead atoms. The first-order valence-electron chi connectivity index (χ1n) is 11.3. The van der Waals surface area contributed by atoms with Crippen molar-refractivity contribution in [2.75, 3.05) is 17.8 Å². The first-order chi connectivity index (χ1) is 16.9. The molecular formula is C27H23ClFN3O2S. The van der Waals surface area contributed by atoms with E-state index in [0.717, 1.165) is 21.5 Å². The number of pyridine rings is 1. The minimum absolute atomic E-state index is 0.0602. The number of carbonyl (C=O) groups is 1.